The highest BCUT2D eigenvalue weighted by molar-refractivity contribution is 6.21. The Hall–Kier alpha value is -3.03. The normalized spacial score (nSPS) is 16.7. The maximum Gasteiger partial charge on any atom is 0.261 e. The zero-order valence-corrected chi connectivity index (χ0v) is 20.2. The Bertz CT molecular complexity index is 1040. The molecule has 0 bridgehead atoms. The predicted molar refractivity (Wildman–Crippen MR) is 131 cm³/mol. The van der Waals surface area contributed by atoms with Gasteiger partial charge < -0.3 is 10.2 Å². The van der Waals surface area contributed by atoms with Crippen molar-refractivity contribution in [3.8, 4) is 0 Å². The Morgan fingerprint density at radius 3 is 2.24 bits per heavy atom. The van der Waals surface area contributed by atoms with Crippen LogP contribution in [0.5, 0.6) is 0 Å². The second kappa shape index (κ2) is 10.9. The van der Waals surface area contributed by atoms with Crippen LogP contribution in [0.1, 0.15) is 57.2 Å². The van der Waals surface area contributed by atoms with E-state index in [2.05, 4.69) is 46.3 Å². The van der Waals surface area contributed by atoms with Crippen LogP contribution < -0.4 is 5.32 Å². The second-order valence-corrected chi connectivity index (χ2v) is 9.22. The highest BCUT2D eigenvalue weighted by atomic mass is 16.2. The lowest BCUT2D eigenvalue weighted by molar-refractivity contribution is -0.121. The highest BCUT2D eigenvalue weighted by Crippen LogP contribution is 2.24. The van der Waals surface area contributed by atoms with Crippen LogP contribution in [-0.4, -0.2) is 71.7 Å². The van der Waals surface area contributed by atoms with Gasteiger partial charge in [-0.1, -0.05) is 42.8 Å². The van der Waals surface area contributed by atoms with Crippen molar-refractivity contribution in [3.05, 3.63) is 70.3 Å². The third-order valence-electron chi connectivity index (χ3n) is 6.74. The first-order valence-electron chi connectivity index (χ1n) is 12.2. The fourth-order valence-electron chi connectivity index (χ4n) is 4.58. The number of carbonyl (C=O) groups excluding carboxylic acids is 3. The van der Waals surface area contributed by atoms with E-state index in [4.69, 9.17) is 0 Å². The third-order valence-corrected chi connectivity index (χ3v) is 6.74. The first-order valence-corrected chi connectivity index (χ1v) is 12.2. The van der Waals surface area contributed by atoms with Crippen LogP contribution >= 0.6 is 0 Å². The summed E-state index contributed by atoms with van der Waals surface area (Å²) in [5.74, 6) is -0.616. The molecule has 7 nitrogen and oxygen atoms in total. The van der Waals surface area contributed by atoms with Gasteiger partial charge in [-0.3, -0.25) is 24.2 Å². The number of carbonyl (C=O) groups is 3. The standard InChI is InChI=1S/C27H34N4O3/c1-3-29-13-15-30(16-14-29)19-22-9-7-21(8-10-22)18-28-25(32)5-4-12-31-26(33)23-11-6-20(2)17-24(23)27(31)34/h6-11,17H,3-5,12-16,18-19H2,1-2H3,(H,28,32). The number of piperazine rings is 1. The van der Waals surface area contributed by atoms with E-state index in [1.54, 1.807) is 12.1 Å². The van der Waals surface area contributed by atoms with E-state index in [1.807, 2.05) is 13.0 Å². The molecular weight excluding hydrogens is 428 g/mol. The minimum atomic E-state index is -0.271. The quantitative estimate of drug-likeness (QED) is 0.580. The molecule has 34 heavy (non-hydrogen) atoms. The van der Waals surface area contributed by atoms with Crippen LogP contribution in [0.3, 0.4) is 0 Å². The molecule has 0 aliphatic carbocycles. The van der Waals surface area contributed by atoms with Gasteiger partial charge in [0.2, 0.25) is 5.91 Å². The average molecular weight is 463 g/mol. The summed E-state index contributed by atoms with van der Waals surface area (Å²) in [5.41, 5.74) is 4.21. The molecule has 2 aromatic carbocycles. The maximum atomic E-state index is 12.5. The number of benzene rings is 2. The van der Waals surface area contributed by atoms with Gasteiger partial charge in [0.05, 0.1) is 11.1 Å². The number of nitrogens with one attached hydrogen (secondary N) is 1. The van der Waals surface area contributed by atoms with Gasteiger partial charge >= 0.3 is 0 Å². The van der Waals surface area contributed by atoms with Crippen LogP contribution in [0, 0.1) is 6.92 Å². The highest BCUT2D eigenvalue weighted by Gasteiger charge is 2.34. The van der Waals surface area contributed by atoms with Gasteiger partial charge in [0.15, 0.2) is 0 Å². The lowest BCUT2D eigenvalue weighted by Gasteiger charge is -2.34. The number of hydrogen-bond acceptors (Lipinski definition) is 5. The predicted octanol–water partition coefficient (Wildman–Crippen LogP) is 2.83. The molecule has 0 atom stereocenters. The lowest BCUT2D eigenvalue weighted by Crippen LogP contribution is -2.45. The zero-order valence-electron chi connectivity index (χ0n) is 20.2. The van der Waals surface area contributed by atoms with Crippen molar-refractivity contribution in [3.63, 3.8) is 0 Å². The van der Waals surface area contributed by atoms with Gasteiger partial charge in [-0.25, -0.2) is 0 Å². The molecular formula is C27H34N4O3. The number of aryl methyl sites for hydroxylation is 1. The number of amides is 3. The molecule has 2 aliphatic rings. The van der Waals surface area contributed by atoms with Crippen LogP contribution in [0.4, 0.5) is 0 Å². The Labute approximate surface area is 201 Å². The number of fused-ring (bicyclic) bond motifs is 1. The van der Waals surface area contributed by atoms with E-state index in [9.17, 15) is 14.4 Å². The topological polar surface area (TPSA) is 73.0 Å². The summed E-state index contributed by atoms with van der Waals surface area (Å²) in [6.07, 6.45) is 0.717. The molecule has 4 rings (SSSR count). The molecule has 7 heteroatoms. The summed E-state index contributed by atoms with van der Waals surface area (Å²) in [7, 11) is 0. The molecule has 0 radical (unpaired) electrons. The molecule has 180 valence electrons. The van der Waals surface area contributed by atoms with E-state index in [1.165, 1.54) is 10.5 Å². The van der Waals surface area contributed by atoms with Gasteiger partial charge in [0.25, 0.3) is 11.8 Å². The van der Waals surface area contributed by atoms with E-state index < -0.39 is 0 Å². The first-order chi connectivity index (χ1) is 16.4. The SMILES string of the molecule is CCN1CCN(Cc2ccc(CNC(=O)CCCN3C(=O)c4ccc(C)cc4C3=O)cc2)CC1. The van der Waals surface area contributed by atoms with Gasteiger partial charge in [0, 0.05) is 52.2 Å². The minimum absolute atomic E-state index is 0.0784. The first kappa shape index (κ1) is 24.1. The summed E-state index contributed by atoms with van der Waals surface area (Å²) >= 11 is 0. The van der Waals surface area contributed by atoms with E-state index in [0.29, 0.717) is 24.1 Å². The molecule has 2 aromatic rings. The molecule has 2 aliphatic heterocycles. The van der Waals surface area contributed by atoms with Crippen molar-refractivity contribution in [1.29, 1.82) is 0 Å². The van der Waals surface area contributed by atoms with Crippen LogP contribution in [0.25, 0.3) is 0 Å². The fourth-order valence-corrected chi connectivity index (χ4v) is 4.58. The molecule has 0 spiro atoms. The Morgan fingerprint density at radius 2 is 1.53 bits per heavy atom. The Morgan fingerprint density at radius 1 is 0.882 bits per heavy atom. The summed E-state index contributed by atoms with van der Waals surface area (Å²) in [6, 6.07) is 13.7. The summed E-state index contributed by atoms with van der Waals surface area (Å²) in [5, 5.41) is 2.94. The average Bonchev–Trinajstić information content (AvgIpc) is 3.08. The van der Waals surface area contributed by atoms with E-state index >= 15 is 0 Å². The van der Waals surface area contributed by atoms with E-state index in [-0.39, 0.29) is 30.7 Å². The molecule has 1 fully saturated rings. The molecule has 2 heterocycles. The molecule has 1 saturated heterocycles. The van der Waals surface area contributed by atoms with Crippen molar-refractivity contribution < 1.29 is 14.4 Å². The summed E-state index contributed by atoms with van der Waals surface area (Å²) in [4.78, 5) is 43.5. The number of imide groups is 1. The number of nitrogens with zero attached hydrogens (tertiary/aromatic N) is 3. The van der Waals surface area contributed by atoms with Crippen molar-refractivity contribution >= 4 is 17.7 Å². The van der Waals surface area contributed by atoms with Crippen molar-refractivity contribution in [2.24, 2.45) is 0 Å². The van der Waals surface area contributed by atoms with Gasteiger partial charge in [-0.2, -0.15) is 0 Å². The third kappa shape index (κ3) is 5.72. The molecule has 0 unspecified atom stereocenters. The summed E-state index contributed by atoms with van der Waals surface area (Å²) in [6.45, 7) is 11.4. The molecule has 0 saturated carbocycles. The van der Waals surface area contributed by atoms with Gasteiger partial charge in [-0.05, 0) is 43.1 Å². The van der Waals surface area contributed by atoms with Crippen molar-refractivity contribution in [1.82, 2.24) is 20.0 Å². The van der Waals surface area contributed by atoms with E-state index in [0.717, 1.165) is 50.4 Å². The largest absolute Gasteiger partial charge is 0.352 e. The fraction of sp³-hybridized carbons (Fsp3) is 0.444. The molecule has 0 aromatic heterocycles. The smallest absolute Gasteiger partial charge is 0.261 e. The zero-order chi connectivity index (χ0) is 24.1. The Kier molecular flexibility index (Phi) is 7.75. The second-order valence-electron chi connectivity index (χ2n) is 9.22. The minimum Gasteiger partial charge on any atom is -0.352 e. The number of hydrogen-bond donors (Lipinski definition) is 1. The van der Waals surface area contributed by atoms with Crippen LogP contribution in [0.15, 0.2) is 42.5 Å². The molecule has 3 amide bonds. The van der Waals surface area contributed by atoms with Crippen molar-refractivity contribution in [2.45, 2.75) is 39.8 Å². The number of likely N-dealkylation sites (N-methyl/N-ethyl adjacent to an activating group) is 1. The molecule has 1 N–H and O–H groups in total. The monoisotopic (exact) mass is 462 g/mol. The number of rotatable bonds is 9. The van der Waals surface area contributed by atoms with Crippen LogP contribution in [0.2, 0.25) is 0 Å². The Balaban J connectivity index is 1.17. The van der Waals surface area contributed by atoms with Crippen molar-refractivity contribution in [2.75, 3.05) is 39.3 Å². The van der Waals surface area contributed by atoms with Gasteiger partial charge in [-0.15, -0.1) is 0 Å². The lowest BCUT2D eigenvalue weighted by atomic mass is 10.1. The van der Waals surface area contributed by atoms with Crippen LogP contribution in [-0.2, 0) is 17.9 Å². The van der Waals surface area contributed by atoms with Gasteiger partial charge in [0.1, 0.15) is 0 Å². The maximum absolute atomic E-state index is 12.5. The summed E-state index contributed by atoms with van der Waals surface area (Å²) < 4.78 is 0.